The molecule has 0 spiro atoms. The van der Waals surface area contributed by atoms with Crippen LogP contribution in [0, 0.1) is 6.92 Å². The monoisotopic (exact) mass is 288 g/mol. The molecule has 0 saturated heterocycles. The lowest BCUT2D eigenvalue weighted by molar-refractivity contribution is 0.911. The highest BCUT2D eigenvalue weighted by Gasteiger charge is 2.12. The van der Waals surface area contributed by atoms with E-state index in [4.69, 9.17) is 18.0 Å². The lowest BCUT2D eigenvalue weighted by Crippen LogP contribution is -2.25. The Bertz CT molecular complexity index is 654. The Balaban J connectivity index is 2.40. The standard InChI is InChI=1S/C14H16N4OS/c1-10-16-13(9-14(19)17-10)18(8-7-12(15)20)11-5-3-2-4-6-11/h2-6,9H,7-8H2,1H3,(H2,15,20)(H,16,17,19). The maximum atomic E-state index is 11.6. The zero-order valence-electron chi connectivity index (χ0n) is 11.2. The van der Waals surface area contributed by atoms with Gasteiger partial charge in [-0.1, -0.05) is 30.4 Å². The zero-order valence-corrected chi connectivity index (χ0v) is 12.0. The van der Waals surface area contributed by atoms with Gasteiger partial charge in [0, 0.05) is 24.7 Å². The van der Waals surface area contributed by atoms with Crippen LogP contribution in [0.3, 0.4) is 0 Å². The van der Waals surface area contributed by atoms with Crippen LogP contribution in [0.2, 0.25) is 0 Å². The topological polar surface area (TPSA) is 75.0 Å². The number of hydrogen-bond donors (Lipinski definition) is 2. The van der Waals surface area contributed by atoms with Crippen LogP contribution in [0.15, 0.2) is 41.2 Å². The van der Waals surface area contributed by atoms with Crippen molar-refractivity contribution in [3.05, 3.63) is 52.6 Å². The number of aromatic amines is 1. The summed E-state index contributed by atoms with van der Waals surface area (Å²) in [6.07, 6.45) is 0.553. The van der Waals surface area contributed by atoms with E-state index in [0.717, 1.165) is 5.69 Å². The van der Waals surface area contributed by atoms with Gasteiger partial charge in [0.15, 0.2) is 0 Å². The molecule has 0 radical (unpaired) electrons. The molecule has 1 aromatic heterocycles. The molecule has 2 rings (SSSR count). The van der Waals surface area contributed by atoms with E-state index in [9.17, 15) is 4.79 Å². The van der Waals surface area contributed by atoms with Crippen molar-refractivity contribution in [1.82, 2.24) is 9.97 Å². The van der Waals surface area contributed by atoms with Crippen molar-refractivity contribution in [3.8, 4) is 0 Å². The maximum absolute atomic E-state index is 11.6. The first-order valence-electron chi connectivity index (χ1n) is 6.25. The number of aromatic nitrogens is 2. The molecule has 0 bridgehead atoms. The third-order valence-electron chi connectivity index (χ3n) is 2.77. The molecular formula is C14H16N4OS. The van der Waals surface area contributed by atoms with Crippen molar-refractivity contribution in [2.45, 2.75) is 13.3 Å². The Kier molecular flexibility index (Phi) is 4.47. The summed E-state index contributed by atoms with van der Waals surface area (Å²) in [7, 11) is 0. The van der Waals surface area contributed by atoms with Gasteiger partial charge in [-0.3, -0.25) is 4.79 Å². The lowest BCUT2D eigenvalue weighted by Gasteiger charge is -2.23. The molecule has 1 heterocycles. The number of benzene rings is 1. The molecule has 20 heavy (non-hydrogen) atoms. The van der Waals surface area contributed by atoms with Gasteiger partial charge in [-0.25, -0.2) is 4.98 Å². The number of anilines is 2. The number of nitrogens with two attached hydrogens (primary N) is 1. The van der Waals surface area contributed by atoms with E-state index in [1.807, 2.05) is 35.2 Å². The minimum absolute atomic E-state index is 0.177. The first-order valence-corrected chi connectivity index (χ1v) is 6.66. The normalized spacial score (nSPS) is 10.2. The van der Waals surface area contributed by atoms with Crippen LogP contribution in [0.5, 0.6) is 0 Å². The molecule has 0 aliphatic heterocycles. The van der Waals surface area contributed by atoms with Gasteiger partial charge < -0.3 is 15.6 Å². The van der Waals surface area contributed by atoms with Gasteiger partial charge >= 0.3 is 0 Å². The van der Waals surface area contributed by atoms with Gasteiger partial charge in [-0.2, -0.15) is 0 Å². The summed E-state index contributed by atoms with van der Waals surface area (Å²) in [5.74, 6) is 1.16. The predicted octanol–water partition coefficient (Wildman–Crippen LogP) is 1.89. The number of H-pyrrole nitrogens is 1. The third kappa shape index (κ3) is 3.64. The minimum Gasteiger partial charge on any atom is -0.393 e. The van der Waals surface area contributed by atoms with E-state index in [1.54, 1.807) is 6.92 Å². The molecule has 0 saturated carbocycles. The van der Waals surface area contributed by atoms with Gasteiger partial charge in [0.1, 0.15) is 11.6 Å². The quantitative estimate of drug-likeness (QED) is 0.822. The number of nitrogens with one attached hydrogen (secondary N) is 1. The molecule has 5 nitrogen and oxygen atoms in total. The van der Waals surface area contributed by atoms with E-state index in [-0.39, 0.29) is 5.56 Å². The fourth-order valence-corrected chi connectivity index (χ4v) is 2.00. The number of hydrogen-bond acceptors (Lipinski definition) is 4. The van der Waals surface area contributed by atoms with Crippen LogP contribution >= 0.6 is 12.2 Å². The number of aryl methyl sites for hydroxylation is 1. The van der Waals surface area contributed by atoms with Crippen molar-refractivity contribution in [1.29, 1.82) is 0 Å². The molecule has 0 aliphatic rings. The van der Waals surface area contributed by atoms with Gasteiger partial charge in [-0.15, -0.1) is 0 Å². The number of rotatable bonds is 5. The zero-order chi connectivity index (χ0) is 14.5. The molecule has 0 fully saturated rings. The Morgan fingerprint density at radius 1 is 1.40 bits per heavy atom. The van der Waals surface area contributed by atoms with Crippen LogP contribution in [0.25, 0.3) is 0 Å². The highest BCUT2D eigenvalue weighted by atomic mass is 32.1. The van der Waals surface area contributed by atoms with Crippen LogP contribution in [0.4, 0.5) is 11.5 Å². The Morgan fingerprint density at radius 3 is 2.70 bits per heavy atom. The second-order valence-electron chi connectivity index (χ2n) is 4.39. The van der Waals surface area contributed by atoms with Crippen molar-refractivity contribution in [2.75, 3.05) is 11.4 Å². The number of nitrogens with zero attached hydrogens (tertiary/aromatic N) is 2. The molecule has 0 unspecified atom stereocenters. The molecule has 3 N–H and O–H groups in total. The fraction of sp³-hybridized carbons (Fsp3) is 0.214. The Hall–Kier alpha value is -2.21. The molecule has 1 aromatic carbocycles. The van der Waals surface area contributed by atoms with E-state index in [2.05, 4.69) is 9.97 Å². The highest BCUT2D eigenvalue weighted by Crippen LogP contribution is 2.22. The summed E-state index contributed by atoms with van der Waals surface area (Å²) >= 11 is 4.93. The first kappa shape index (κ1) is 14.2. The van der Waals surface area contributed by atoms with E-state index in [0.29, 0.717) is 29.6 Å². The van der Waals surface area contributed by atoms with Gasteiger partial charge in [0.25, 0.3) is 5.56 Å². The SMILES string of the molecule is Cc1nc(N(CCC(N)=S)c2ccccc2)cc(=O)[nH]1. The van der Waals surface area contributed by atoms with Crippen molar-refractivity contribution in [2.24, 2.45) is 5.73 Å². The summed E-state index contributed by atoms with van der Waals surface area (Å²) in [4.78, 5) is 21.0. The average Bonchev–Trinajstić information content (AvgIpc) is 2.38. The largest absolute Gasteiger partial charge is 0.393 e. The van der Waals surface area contributed by atoms with Crippen molar-refractivity contribution >= 4 is 28.7 Å². The van der Waals surface area contributed by atoms with Gasteiger partial charge in [0.2, 0.25) is 0 Å². The first-order chi connectivity index (χ1) is 9.56. The summed E-state index contributed by atoms with van der Waals surface area (Å²) in [6, 6.07) is 11.2. The second-order valence-corrected chi connectivity index (χ2v) is 4.92. The third-order valence-corrected chi connectivity index (χ3v) is 2.98. The predicted molar refractivity (Wildman–Crippen MR) is 84.4 cm³/mol. The van der Waals surface area contributed by atoms with Crippen LogP contribution < -0.4 is 16.2 Å². The summed E-state index contributed by atoms with van der Waals surface area (Å²) in [5.41, 5.74) is 6.34. The highest BCUT2D eigenvalue weighted by molar-refractivity contribution is 7.80. The maximum Gasteiger partial charge on any atom is 0.252 e. The van der Waals surface area contributed by atoms with E-state index >= 15 is 0 Å². The minimum atomic E-state index is -0.177. The number of thiocarbonyl (C=S) groups is 1. The van der Waals surface area contributed by atoms with Crippen LogP contribution in [-0.4, -0.2) is 21.5 Å². The van der Waals surface area contributed by atoms with Crippen LogP contribution in [0.1, 0.15) is 12.2 Å². The van der Waals surface area contributed by atoms with Gasteiger partial charge in [-0.05, 0) is 19.1 Å². The molecule has 0 amide bonds. The molecule has 0 atom stereocenters. The Labute approximate surface area is 122 Å². The Morgan fingerprint density at radius 2 is 2.10 bits per heavy atom. The molecule has 104 valence electrons. The lowest BCUT2D eigenvalue weighted by atomic mass is 10.2. The summed E-state index contributed by atoms with van der Waals surface area (Å²) in [5, 5.41) is 0. The molecule has 6 heteroatoms. The van der Waals surface area contributed by atoms with Crippen molar-refractivity contribution < 1.29 is 0 Å². The van der Waals surface area contributed by atoms with Crippen LogP contribution in [-0.2, 0) is 0 Å². The van der Waals surface area contributed by atoms with E-state index < -0.39 is 0 Å². The fourth-order valence-electron chi connectivity index (χ4n) is 1.91. The van der Waals surface area contributed by atoms with E-state index in [1.165, 1.54) is 6.07 Å². The average molecular weight is 288 g/mol. The second kappa shape index (κ2) is 6.29. The molecule has 0 aliphatic carbocycles. The smallest absolute Gasteiger partial charge is 0.252 e. The number of para-hydroxylation sites is 1. The van der Waals surface area contributed by atoms with Crippen molar-refractivity contribution in [3.63, 3.8) is 0 Å². The summed E-state index contributed by atoms with van der Waals surface area (Å²) < 4.78 is 0. The van der Waals surface area contributed by atoms with Gasteiger partial charge in [0.05, 0.1) is 4.99 Å². The molecular weight excluding hydrogens is 272 g/mol. The summed E-state index contributed by atoms with van der Waals surface area (Å²) in [6.45, 7) is 2.33. The molecule has 2 aromatic rings.